The Morgan fingerprint density at radius 2 is 1.78 bits per heavy atom. The first-order chi connectivity index (χ1) is 20.5. The van der Waals surface area contributed by atoms with Gasteiger partial charge in [0.25, 0.3) is 0 Å². The number of likely N-dealkylation sites (tertiary alicyclic amines) is 1. The minimum atomic E-state index is -0.774. The van der Waals surface area contributed by atoms with E-state index >= 15 is 0 Å². The number of piperidine rings is 1. The molecule has 2 aliphatic rings. The first kappa shape index (κ1) is 41.0. The SMILES string of the molecule is Cc1nc(Cc2ccc(Cl)c(Cl)c2)sc1C1CCN(CC2CC(N(C)[C@@H](C(=O)O)C(C)C)CC2c2cccc(F)c2)CC1.Cl.Cl.Cl. The summed E-state index contributed by atoms with van der Waals surface area (Å²) in [6.45, 7) is 9.04. The van der Waals surface area contributed by atoms with E-state index in [2.05, 4.69) is 16.7 Å². The number of halogens is 6. The van der Waals surface area contributed by atoms with Crippen molar-refractivity contribution in [1.29, 1.82) is 0 Å². The molecule has 1 saturated heterocycles. The number of aryl methyl sites for hydroxylation is 1. The molecule has 0 spiro atoms. The van der Waals surface area contributed by atoms with Crippen molar-refractivity contribution >= 4 is 77.7 Å². The molecule has 1 N–H and O–H groups in total. The maximum Gasteiger partial charge on any atom is 0.321 e. The Kier molecular flexibility index (Phi) is 16.1. The van der Waals surface area contributed by atoms with E-state index in [4.69, 9.17) is 28.2 Å². The second-order valence-electron chi connectivity index (χ2n) is 12.8. The molecule has 0 bridgehead atoms. The molecule has 1 saturated carbocycles. The third-order valence-corrected chi connectivity index (χ3v) is 11.6. The molecule has 3 aromatic rings. The van der Waals surface area contributed by atoms with Gasteiger partial charge in [-0.3, -0.25) is 9.69 Å². The molecule has 0 amide bonds. The van der Waals surface area contributed by atoms with Gasteiger partial charge < -0.3 is 10.0 Å². The number of rotatable bonds is 10. The summed E-state index contributed by atoms with van der Waals surface area (Å²) in [6.07, 6.45) is 4.69. The molecule has 12 heteroatoms. The highest BCUT2D eigenvalue weighted by atomic mass is 35.5. The van der Waals surface area contributed by atoms with Crippen LogP contribution < -0.4 is 0 Å². The van der Waals surface area contributed by atoms with Gasteiger partial charge in [-0.2, -0.15) is 0 Å². The van der Waals surface area contributed by atoms with Gasteiger partial charge in [0, 0.05) is 23.9 Å². The van der Waals surface area contributed by atoms with E-state index in [9.17, 15) is 14.3 Å². The molecule has 3 unspecified atom stereocenters. The zero-order valence-electron chi connectivity index (χ0n) is 26.6. The summed E-state index contributed by atoms with van der Waals surface area (Å²) in [7, 11) is 1.95. The Balaban J connectivity index is 0.00000245. The molecule has 5 rings (SSSR count). The van der Waals surface area contributed by atoms with Crippen molar-refractivity contribution in [3.05, 3.63) is 85.0 Å². The Hall–Kier alpha value is -1.16. The minimum Gasteiger partial charge on any atom is -0.480 e. The number of likely N-dealkylation sites (N-methyl/N-ethyl adjacent to an activating group) is 1. The molecule has 1 aromatic heterocycles. The van der Waals surface area contributed by atoms with Gasteiger partial charge in [0.05, 0.1) is 20.7 Å². The van der Waals surface area contributed by atoms with Crippen LogP contribution in [0, 0.1) is 24.6 Å². The van der Waals surface area contributed by atoms with Gasteiger partial charge >= 0.3 is 5.97 Å². The summed E-state index contributed by atoms with van der Waals surface area (Å²) in [5.41, 5.74) is 3.27. The normalized spacial score (nSPS) is 21.0. The molecule has 2 heterocycles. The van der Waals surface area contributed by atoms with Crippen LogP contribution in [0.2, 0.25) is 10.0 Å². The lowest BCUT2D eigenvalue weighted by Crippen LogP contribution is -2.47. The van der Waals surface area contributed by atoms with Crippen LogP contribution in [0.5, 0.6) is 0 Å². The Morgan fingerprint density at radius 1 is 1.09 bits per heavy atom. The summed E-state index contributed by atoms with van der Waals surface area (Å²) in [4.78, 5) is 23.0. The van der Waals surface area contributed by atoms with Crippen LogP contribution in [-0.4, -0.2) is 64.6 Å². The van der Waals surface area contributed by atoms with E-state index < -0.39 is 12.0 Å². The topological polar surface area (TPSA) is 56.7 Å². The Morgan fingerprint density at radius 3 is 2.39 bits per heavy atom. The zero-order chi connectivity index (χ0) is 30.8. The van der Waals surface area contributed by atoms with Gasteiger partial charge in [-0.15, -0.1) is 48.6 Å². The van der Waals surface area contributed by atoms with Crippen molar-refractivity contribution in [3.63, 3.8) is 0 Å². The number of carbonyl (C=O) groups is 1. The fourth-order valence-electron chi connectivity index (χ4n) is 7.39. The summed E-state index contributed by atoms with van der Waals surface area (Å²) in [5, 5.41) is 12.2. The summed E-state index contributed by atoms with van der Waals surface area (Å²) >= 11 is 14.1. The first-order valence-electron chi connectivity index (χ1n) is 15.3. The van der Waals surface area contributed by atoms with Gasteiger partial charge in [-0.1, -0.05) is 55.2 Å². The second-order valence-corrected chi connectivity index (χ2v) is 14.7. The predicted molar refractivity (Wildman–Crippen MR) is 196 cm³/mol. The largest absolute Gasteiger partial charge is 0.480 e. The van der Waals surface area contributed by atoms with E-state index in [0.717, 1.165) is 73.6 Å². The van der Waals surface area contributed by atoms with Crippen LogP contribution in [0.15, 0.2) is 42.5 Å². The number of hydrogen-bond donors (Lipinski definition) is 1. The molecule has 46 heavy (non-hydrogen) atoms. The number of aromatic nitrogens is 1. The fraction of sp³-hybridized carbons (Fsp3) is 0.529. The highest BCUT2D eigenvalue weighted by Gasteiger charge is 2.42. The van der Waals surface area contributed by atoms with Crippen molar-refractivity contribution in [2.45, 2.75) is 76.8 Å². The van der Waals surface area contributed by atoms with Crippen LogP contribution in [0.4, 0.5) is 4.39 Å². The van der Waals surface area contributed by atoms with Gasteiger partial charge in [-0.05, 0) is 112 Å². The van der Waals surface area contributed by atoms with Crippen molar-refractivity contribution in [2.24, 2.45) is 11.8 Å². The van der Waals surface area contributed by atoms with Crippen LogP contribution in [0.25, 0.3) is 0 Å². The number of carboxylic acids is 1. The van der Waals surface area contributed by atoms with Crippen LogP contribution in [0.1, 0.15) is 78.1 Å². The first-order valence-corrected chi connectivity index (χ1v) is 16.9. The van der Waals surface area contributed by atoms with E-state index in [1.807, 2.05) is 56.5 Å². The summed E-state index contributed by atoms with van der Waals surface area (Å²) in [6, 6.07) is 12.4. The maximum absolute atomic E-state index is 14.3. The predicted octanol–water partition coefficient (Wildman–Crippen LogP) is 9.54. The van der Waals surface area contributed by atoms with E-state index in [1.165, 1.54) is 10.9 Å². The van der Waals surface area contributed by atoms with E-state index in [-0.39, 0.29) is 60.9 Å². The zero-order valence-corrected chi connectivity index (χ0v) is 31.4. The standard InChI is InChI=1S/C34H42Cl2FN3O2S.3ClH/c1-20(2)32(34(41)42)39(4)27-17-25(28(18-27)24-6-5-7-26(37)16-24)19-40-12-10-23(11-13-40)33-21(3)38-31(43-33)15-22-8-9-29(35)30(36)14-22;;;/h5-9,14,16,20,23,25,27-28,32H,10-13,15,17-19H2,1-4H3,(H,41,42);3*1H/t25?,27?,28?,32-;;;/m1.../s1. The average Bonchev–Trinajstić information content (AvgIpc) is 3.54. The molecule has 256 valence electrons. The molecule has 1 aliphatic heterocycles. The lowest BCUT2D eigenvalue weighted by molar-refractivity contribution is -0.145. The molecule has 0 radical (unpaired) electrons. The van der Waals surface area contributed by atoms with Crippen molar-refractivity contribution in [2.75, 3.05) is 26.7 Å². The quantitative estimate of drug-likeness (QED) is 0.224. The number of thiazole rings is 1. The number of hydrogen-bond acceptors (Lipinski definition) is 5. The lowest BCUT2D eigenvalue weighted by atomic mass is 9.87. The Bertz CT molecular complexity index is 1440. The third kappa shape index (κ3) is 9.72. The van der Waals surface area contributed by atoms with Gasteiger partial charge in [0.15, 0.2) is 0 Å². The number of nitrogens with zero attached hydrogens (tertiary/aromatic N) is 3. The number of benzene rings is 2. The molecular weight excluding hydrogens is 711 g/mol. The van der Waals surface area contributed by atoms with Crippen LogP contribution in [0.3, 0.4) is 0 Å². The third-order valence-electron chi connectivity index (χ3n) is 9.51. The minimum absolute atomic E-state index is 0. The van der Waals surface area contributed by atoms with Crippen LogP contribution >= 0.6 is 71.8 Å². The summed E-state index contributed by atoms with van der Waals surface area (Å²) < 4.78 is 14.3. The fourth-order valence-corrected chi connectivity index (χ4v) is 8.98. The highest BCUT2D eigenvalue weighted by Crippen LogP contribution is 2.44. The molecular formula is C34H45Cl5FN3O2S. The smallest absolute Gasteiger partial charge is 0.321 e. The average molecular weight is 756 g/mol. The Labute approximate surface area is 305 Å². The maximum atomic E-state index is 14.3. The molecule has 4 atom stereocenters. The number of aliphatic carboxylic acids is 1. The second kappa shape index (κ2) is 18.0. The van der Waals surface area contributed by atoms with Gasteiger partial charge in [0.1, 0.15) is 11.9 Å². The van der Waals surface area contributed by atoms with Crippen molar-refractivity contribution in [1.82, 2.24) is 14.8 Å². The number of carboxylic acid groups (broad SMARTS) is 1. The van der Waals surface area contributed by atoms with Crippen molar-refractivity contribution in [3.8, 4) is 0 Å². The molecule has 2 fully saturated rings. The lowest BCUT2D eigenvalue weighted by Gasteiger charge is -2.35. The van der Waals surface area contributed by atoms with E-state index in [0.29, 0.717) is 21.9 Å². The summed E-state index contributed by atoms with van der Waals surface area (Å²) in [5.74, 6) is 0.0697. The van der Waals surface area contributed by atoms with Crippen LogP contribution in [-0.2, 0) is 11.2 Å². The monoisotopic (exact) mass is 753 g/mol. The molecule has 2 aromatic carbocycles. The molecule has 5 nitrogen and oxygen atoms in total. The van der Waals surface area contributed by atoms with Gasteiger partial charge in [-0.25, -0.2) is 9.37 Å². The van der Waals surface area contributed by atoms with E-state index in [1.54, 1.807) is 12.1 Å². The highest BCUT2D eigenvalue weighted by molar-refractivity contribution is 7.11. The van der Waals surface area contributed by atoms with Gasteiger partial charge in [0.2, 0.25) is 0 Å². The molecule has 1 aliphatic carbocycles. The van der Waals surface area contributed by atoms with Crippen molar-refractivity contribution < 1.29 is 14.3 Å².